The molecule has 0 unspecified atom stereocenters. The summed E-state index contributed by atoms with van der Waals surface area (Å²) in [6.45, 7) is 6.67. The molecule has 2 aromatic heterocycles. The third kappa shape index (κ3) is 11.0. The van der Waals surface area contributed by atoms with E-state index in [1.807, 2.05) is 103 Å². The van der Waals surface area contributed by atoms with E-state index in [1.165, 1.54) is 0 Å². The number of rotatable bonds is 12. The number of aromatic hydroxyl groups is 1. The van der Waals surface area contributed by atoms with E-state index < -0.39 is 18.2 Å². The molecule has 1 N–H and O–H groups in total. The second kappa shape index (κ2) is 23.3. The van der Waals surface area contributed by atoms with Gasteiger partial charge in [-0.1, -0.05) is 234 Å². The number of fused-ring (bicyclic) bond motifs is 1. The minimum atomic E-state index is -1.53. The average molecular weight is 1240 g/mol. The largest absolute Gasteiger partial charge is 0.507 e. The molecule has 0 spiro atoms. The maximum Gasteiger partial charge on any atom is 0.148 e. The number of imidazole rings is 1. The van der Waals surface area contributed by atoms with Gasteiger partial charge in [0.05, 0.1) is 22.3 Å². The number of pyridine rings is 1. The average Bonchev–Trinajstić information content (AvgIpc) is 1.94. The first-order valence-corrected chi connectivity index (χ1v) is 28.6. The first kappa shape index (κ1) is 48.9. The van der Waals surface area contributed by atoms with E-state index in [-0.39, 0.29) is 38.1 Å². The second-order valence-corrected chi connectivity index (χ2v) is 22.8. The van der Waals surface area contributed by atoms with Gasteiger partial charge in [0.2, 0.25) is 0 Å². The second-order valence-electron chi connectivity index (χ2n) is 22.8. The number of hydrogen-bond acceptors (Lipinski definition) is 3. The van der Waals surface area contributed by atoms with Gasteiger partial charge in [0.25, 0.3) is 0 Å². The van der Waals surface area contributed by atoms with Crippen LogP contribution >= 0.6 is 0 Å². The molecule has 9 aromatic carbocycles. The molecule has 81 heavy (non-hydrogen) atoms. The van der Waals surface area contributed by atoms with Crippen molar-refractivity contribution in [1.82, 2.24) is 14.5 Å². The first-order valence-electron chi connectivity index (χ1n) is 30.6. The number of benzene rings is 9. The fourth-order valence-corrected chi connectivity index (χ4v) is 12.3. The summed E-state index contributed by atoms with van der Waals surface area (Å²) in [5.41, 5.74) is 17.3. The summed E-state index contributed by atoms with van der Waals surface area (Å²) in [5.74, 6) is -0.838. The molecule has 0 amide bonds. The fourth-order valence-electron chi connectivity index (χ4n) is 12.3. The standard InChI is InChI=1S/C76H68N3O.Pt/c1-76(2,3)63-48-61(47-62(49-63)70-50-60(43-44-77-70)57-40-38-56(39-41-57)55-36-34-54(35-37-55)53-21-7-4-8-22-53)65-29-18-32-72-73(65)78-75(68-31-17-30-67(74(68)80)66-28-16-15-27-64(66)58-23-9-5-10-24-58)79(72)71-42-33-52(45-51-19-13-14-20-51)46-69(71)59-25-11-6-12-26-59;/h4-12,15-18,21-33,38-44,46,48-51,54-55,80H,13-14,19-20,34-37,45H2,1-3H3;/q-1;/i45D2,54D,55D;. The van der Waals surface area contributed by atoms with E-state index in [1.54, 1.807) is 0 Å². The summed E-state index contributed by atoms with van der Waals surface area (Å²) in [4.78, 5) is 10.7. The predicted octanol–water partition coefficient (Wildman–Crippen LogP) is 20.1. The minimum Gasteiger partial charge on any atom is -0.507 e. The Bertz CT molecular complexity index is 4200. The molecule has 2 aliphatic rings. The number of phenolic OH excluding ortho intramolecular Hbond substituents is 1. The summed E-state index contributed by atoms with van der Waals surface area (Å²) in [5, 5.41) is 12.9. The van der Waals surface area contributed by atoms with E-state index >= 15 is 0 Å². The van der Waals surface area contributed by atoms with Gasteiger partial charge in [0.15, 0.2) is 0 Å². The SMILES string of the molecule is [2H]C1(c2ccccc2)CCC([2H])(c2ccc(-c3ccnc(-c4[c-]c(-c5cccc6c5nc(-c5cccc(-c7ccccc7-c7ccccc7)c5O)n6-c5ccc(C([2H])([2H])C6CCCC6)cc5-c5ccccc5)cc(C(C)(C)C)c4)c3)cc2)CC1.[Pt]. The molecule has 0 radical (unpaired) electrons. The Morgan fingerprint density at radius 2 is 1.11 bits per heavy atom. The third-order valence-electron chi connectivity index (χ3n) is 16.6. The predicted molar refractivity (Wildman–Crippen MR) is 332 cm³/mol. The van der Waals surface area contributed by atoms with Crippen LogP contribution in [0.4, 0.5) is 0 Å². The molecular formula is C76H68N3OPt-. The van der Waals surface area contributed by atoms with Crippen LogP contribution in [-0.4, -0.2) is 19.6 Å². The molecule has 4 nitrogen and oxygen atoms in total. The van der Waals surface area contributed by atoms with Gasteiger partial charge in [0.1, 0.15) is 11.6 Å². The molecule has 11 aromatic rings. The van der Waals surface area contributed by atoms with Gasteiger partial charge in [-0.05, 0) is 136 Å². The summed E-state index contributed by atoms with van der Waals surface area (Å²) >= 11 is 0. The summed E-state index contributed by atoms with van der Waals surface area (Å²) in [6.07, 6.45) is 6.68. The number of aromatic nitrogens is 3. The normalized spacial score (nSPS) is 18.4. The number of para-hydroxylation sites is 2. The van der Waals surface area contributed by atoms with Crippen LogP contribution in [0.2, 0.25) is 0 Å². The van der Waals surface area contributed by atoms with Crippen molar-refractivity contribution in [2.24, 2.45) is 5.92 Å². The van der Waals surface area contributed by atoms with Gasteiger partial charge in [-0.15, -0.1) is 29.3 Å². The molecule has 2 saturated carbocycles. The van der Waals surface area contributed by atoms with Crippen LogP contribution in [0.1, 0.15) is 112 Å². The zero-order valence-electron chi connectivity index (χ0n) is 50.2. The number of nitrogens with zero attached hydrogens (tertiary/aromatic N) is 3. The van der Waals surface area contributed by atoms with E-state index in [4.69, 9.17) is 9.97 Å². The fraction of sp³-hybridized carbons (Fsp3) is 0.211. The summed E-state index contributed by atoms with van der Waals surface area (Å²) in [6, 6.07) is 78.0. The number of phenols is 1. The first-order chi connectivity index (χ1) is 40.6. The van der Waals surface area contributed by atoms with Gasteiger partial charge in [-0.25, -0.2) is 4.98 Å². The van der Waals surface area contributed by atoms with E-state index in [9.17, 15) is 10.6 Å². The monoisotopic (exact) mass is 1240 g/mol. The molecule has 2 fully saturated rings. The number of hydrogen-bond donors (Lipinski definition) is 1. The topological polar surface area (TPSA) is 50.9 Å². The van der Waals surface area contributed by atoms with Crippen molar-refractivity contribution in [3.05, 3.63) is 253 Å². The Kier molecular flexibility index (Phi) is 14.1. The van der Waals surface area contributed by atoms with E-state index in [0.29, 0.717) is 48.2 Å². The van der Waals surface area contributed by atoms with Crippen LogP contribution in [-0.2, 0) is 32.9 Å². The molecule has 13 rings (SSSR count). The molecule has 2 heterocycles. The van der Waals surface area contributed by atoms with Gasteiger partial charge < -0.3 is 5.11 Å². The van der Waals surface area contributed by atoms with Gasteiger partial charge in [-0.2, -0.15) is 0 Å². The van der Waals surface area contributed by atoms with Gasteiger partial charge in [-0.3, -0.25) is 9.55 Å². The van der Waals surface area contributed by atoms with Crippen molar-refractivity contribution >= 4 is 11.0 Å². The molecule has 0 bridgehead atoms. The van der Waals surface area contributed by atoms with Crippen molar-refractivity contribution in [3.8, 4) is 89.7 Å². The smallest absolute Gasteiger partial charge is 0.148 e. The molecular weight excluding hydrogens is 1170 g/mol. The van der Waals surface area contributed by atoms with Crippen molar-refractivity contribution in [2.45, 2.75) is 95.7 Å². The van der Waals surface area contributed by atoms with Crippen LogP contribution in [0, 0.1) is 12.0 Å². The maximum atomic E-state index is 12.9. The van der Waals surface area contributed by atoms with Crippen LogP contribution in [0.5, 0.6) is 5.75 Å². The molecule has 0 aliphatic heterocycles. The molecule has 5 heteroatoms. The Morgan fingerprint density at radius 1 is 0.531 bits per heavy atom. The van der Waals surface area contributed by atoms with E-state index in [2.05, 4.69) is 153 Å². The summed E-state index contributed by atoms with van der Waals surface area (Å²) < 4.78 is 40.2. The van der Waals surface area contributed by atoms with Crippen LogP contribution in [0.15, 0.2) is 225 Å². The Hall–Kier alpha value is -7.91. The third-order valence-corrected chi connectivity index (χ3v) is 16.6. The molecule has 404 valence electrons. The van der Waals surface area contributed by atoms with Crippen LogP contribution in [0.25, 0.3) is 95.0 Å². The van der Waals surface area contributed by atoms with Gasteiger partial charge >= 0.3 is 0 Å². The zero-order valence-corrected chi connectivity index (χ0v) is 48.5. The van der Waals surface area contributed by atoms with Crippen molar-refractivity contribution in [2.75, 3.05) is 0 Å². The van der Waals surface area contributed by atoms with Crippen LogP contribution in [0.3, 0.4) is 0 Å². The molecule has 0 saturated heterocycles. The summed E-state index contributed by atoms with van der Waals surface area (Å²) in [7, 11) is 0. The maximum absolute atomic E-state index is 12.9. The van der Waals surface area contributed by atoms with Crippen molar-refractivity contribution in [3.63, 3.8) is 0 Å². The quantitative estimate of drug-likeness (QED) is 0.124. The Balaban J connectivity index is 0.00000709. The van der Waals surface area contributed by atoms with Crippen molar-refractivity contribution < 1.29 is 31.7 Å². The van der Waals surface area contributed by atoms with Crippen LogP contribution < -0.4 is 0 Å². The zero-order chi connectivity index (χ0) is 57.8. The molecule has 0 atom stereocenters. The Morgan fingerprint density at radius 3 is 1.80 bits per heavy atom. The minimum absolute atomic E-state index is 0. The van der Waals surface area contributed by atoms with Crippen molar-refractivity contribution in [1.29, 1.82) is 0 Å². The van der Waals surface area contributed by atoms with E-state index in [0.717, 1.165) is 120 Å². The Labute approximate surface area is 498 Å². The molecule has 2 aliphatic carbocycles. The van der Waals surface area contributed by atoms with Gasteiger partial charge in [0, 0.05) is 49.6 Å².